The summed E-state index contributed by atoms with van der Waals surface area (Å²) in [5, 5.41) is 24.5. The third-order valence-corrected chi connectivity index (χ3v) is 5.14. The lowest BCUT2D eigenvalue weighted by Crippen LogP contribution is -2.36. The fraction of sp³-hybridized carbons (Fsp3) is 0.429. The van der Waals surface area contributed by atoms with Crippen molar-refractivity contribution in [2.75, 3.05) is 39.2 Å². The molecule has 3 aromatic rings. The Bertz CT molecular complexity index is 1080. The van der Waals surface area contributed by atoms with Gasteiger partial charge in [0.1, 0.15) is 24.6 Å². The summed E-state index contributed by atoms with van der Waals surface area (Å²) in [7, 11) is 3.51. The number of carbonyl (C=O) groups is 1. The second-order valence-electron chi connectivity index (χ2n) is 7.59. The highest BCUT2D eigenvalue weighted by Gasteiger charge is 2.46. The Morgan fingerprint density at radius 3 is 2.73 bits per heavy atom. The molecule has 1 amide bonds. The molecule has 12 heteroatoms. The smallest absolute Gasteiger partial charge is 0.256 e. The van der Waals surface area contributed by atoms with Gasteiger partial charge in [0.2, 0.25) is 0 Å². The van der Waals surface area contributed by atoms with Crippen LogP contribution in [0.1, 0.15) is 16.6 Å². The number of nitrogens with zero attached hydrogens (tertiary/aromatic N) is 5. The van der Waals surface area contributed by atoms with E-state index in [0.717, 1.165) is 0 Å². The van der Waals surface area contributed by atoms with E-state index in [1.165, 1.54) is 12.7 Å². The van der Waals surface area contributed by atoms with Crippen LogP contribution in [0.5, 0.6) is 0 Å². The lowest BCUT2D eigenvalue weighted by molar-refractivity contribution is -0.150. The topological polar surface area (TPSA) is 144 Å². The lowest BCUT2D eigenvalue weighted by atomic mass is 10.1. The molecular formula is C21H26N6O6. The normalized spacial score (nSPS) is 22.8. The average Bonchev–Trinajstić information content (AvgIpc) is 3.38. The molecule has 4 rings (SSSR count). The number of aliphatic hydroxyl groups is 2. The van der Waals surface area contributed by atoms with Crippen LogP contribution >= 0.6 is 0 Å². The Hall–Kier alpha value is -3.00. The minimum atomic E-state index is -1.07. The first-order valence-corrected chi connectivity index (χ1v) is 10.4. The van der Waals surface area contributed by atoms with Gasteiger partial charge >= 0.3 is 0 Å². The number of hydroxylamine groups is 2. The van der Waals surface area contributed by atoms with Gasteiger partial charge in [-0.3, -0.25) is 14.2 Å². The number of aliphatic hydroxyl groups excluding tert-OH is 2. The van der Waals surface area contributed by atoms with Gasteiger partial charge in [-0.15, -0.1) is 0 Å². The summed E-state index contributed by atoms with van der Waals surface area (Å²) in [5.74, 6) is -0.0955. The fourth-order valence-corrected chi connectivity index (χ4v) is 3.58. The molecule has 3 heterocycles. The Morgan fingerprint density at radius 2 is 2.00 bits per heavy atom. The molecule has 1 aromatic carbocycles. The average molecular weight is 458 g/mol. The van der Waals surface area contributed by atoms with Gasteiger partial charge in [0.05, 0.1) is 26.1 Å². The molecule has 176 valence electrons. The third-order valence-electron chi connectivity index (χ3n) is 5.14. The van der Waals surface area contributed by atoms with Crippen molar-refractivity contribution in [3.05, 3.63) is 48.5 Å². The van der Waals surface area contributed by atoms with Gasteiger partial charge in [-0.1, -0.05) is 18.2 Å². The van der Waals surface area contributed by atoms with Crippen molar-refractivity contribution < 1.29 is 29.3 Å². The van der Waals surface area contributed by atoms with Gasteiger partial charge in [-0.25, -0.2) is 15.0 Å². The molecule has 1 aliphatic rings. The number of fused-ring (bicyclic) bond motifs is 1. The minimum Gasteiger partial charge on any atom is -0.394 e. The first-order valence-electron chi connectivity index (χ1n) is 10.4. The lowest BCUT2D eigenvalue weighted by Gasteiger charge is -2.22. The molecule has 33 heavy (non-hydrogen) atoms. The van der Waals surface area contributed by atoms with Gasteiger partial charge in [0.15, 0.2) is 23.2 Å². The second-order valence-corrected chi connectivity index (χ2v) is 7.59. The van der Waals surface area contributed by atoms with Gasteiger partial charge < -0.3 is 25.0 Å². The highest BCUT2D eigenvalue weighted by molar-refractivity contribution is 6.06. The zero-order valence-electron chi connectivity index (χ0n) is 18.2. The number of imidazole rings is 1. The molecule has 2 unspecified atom stereocenters. The van der Waals surface area contributed by atoms with Crippen LogP contribution in [0.3, 0.4) is 0 Å². The summed E-state index contributed by atoms with van der Waals surface area (Å²) in [4.78, 5) is 30.7. The molecule has 1 fully saturated rings. The Balaban J connectivity index is 1.57. The van der Waals surface area contributed by atoms with Crippen molar-refractivity contribution in [2.45, 2.75) is 24.5 Å². The molecule has 4 atom stereocenters. The van der Waals surface area contributed by atoms with Crippen molar-refractivity contribution in [3.63, 3.8) is 0 Å². The van der Waals surface area contributed by atoms with E-state index < -0.39 is 24.5 Å². The van der Waals surface area contributed by atoms with E-state index in [1.54, 1.807) is 48.0 Å². The standard InChI is InChI=1S/C21H26N6O6/c1-26(2)32-9-8-31-17-16(29)14(10-28)33-21(17)27-12-24-15-18(22-11-23-19(15)27)25-20(30)13-6-4-3-5-7-13/h3-7,11-12,14,16-17,21,28-29H,8-10H2,1-2H3,(H,22,23,25,30)/t14-,16?,17?,21-/m1/s1. The maximum Gasteiger partial charge on any atom is 0.256 e. The highest BCUT2D eigenvalue weighted by Crippen LogP contribution is 2.34. The van der Waals surface area contributed by atoms with Crippen LogP contribution in [-0.4, -0.2) is 92.9 Å². The van der Waals surface area contributed by atoms with Crippen molar-refractivity contribution in [2.24, 2.45) is 0 Å². The van der Waals surface area contributed by atoms with Crippen molar-refractivity contribution in [1.29, 1.82) is 0 Å². The molecule has 1 aliphatic heterocycles. The number of aromatic nitrogens is 4. The number of hydrogen-bond acceptors (Lipinski definition) is 10. The third kappa shape index (κ3) is 5.00. The van der Waals surface area contributed by atoms with Crippen LogP contribution in [0.2, 0.25) is 0 Å². The molecule has 0 spiro atoms. The zero-order valence-corrected chi connectivity index (χ0v) is 18.2. The molecule has 3 N–H and O–H groups in total. The van der Waals surface area contributed by atoms with E-state index >= 15 is 0 Å². The number of ether oxygens (including phenoxy) is 2. The molecule has 0 radical (unpaired) electrons. The van der Waals surface area contributed by atoms with Crippen LogP contribution in [0.4, 0.5) is 5.82 Å². The minimum absolute atomic E-state index is 0.192. The van der Waals surface area contributed by atoms with Gasteiger partial charge in [0, 0.05) is 19.7 Å². The first kappa shape index (κ1) is 23.2. The van der Waals surface area contributed by atoms with Crippen LogP contribution in [0, 0.1) is 0 Å². The molecule has 12 nitrogen and oxygen atoms in total. The first-order chi connectivity index (χ1) is 16.0. The molecule has 0 saturated carbocycles. The molecule has 2 aromatic heterocycles. The van der Waals surface area contributed by atoms with E-state index in [1.807, 2.05) is 6.07 Å². The van der Waals surface area contributed by atoms with E-state index in [9.17, 15) is 15.0 Å². The van der Waals surface area contributed by atoms with Gasteiger partial charge in [-0.2, -0.15) is 5.06 Å². The largest absolute Gasteiger partial charge is 0.394 e. The predicted octanol–water partition coefficient (Wildman–Crippen LogP) is 0.208. The number of nitrogens with one attached hydrogen (secondary N) is 1. The predicted molar refractivity (Wildman–Crippen MR) is 116 cm³/mol. The molecular weight excluding hydrogens is 432 g/mol. The van der Waals surface area contributed by atoms with Crippen molar-refractivity contribution in [1.82, 2.24) is 24.6 Å². The zero-order chi connectivity index (χ0) is 23.4. The number of hydrogen-bond donors (Lipinski definition) is 3. The number of benzene rings is 1. The quantitative estimate of drug-likeness (QED) is 0.301. The van der Waals surface area contributed by atoms with Crippen LogP contribution in [-0.2, 0) is 14.3 Å². The van der Waals surface area contributed by atoms with Crippen molar-refractivity contribution >= 4 is 22.9 Å². The van der Waals surface area contributed by atoms with E-state index in [0.29, 0.717) is 16.7 Å². The van der Waals surface area contributed by atoms with E-state index in [4.69, 9.17) is 14.3 Å². The maximum atomic E-state index is 12.6. The summed E-state index contributed by atoms with van der Waals surface area (Å²) in [6, 6.07) is 8.74. The van der Waals surface area contributed by atoms with Gasteiger partial charge in [-0.05, 0) is 12.1 Å². The van der Waals surface area contributed by atoms with Gasteiger partial charge in [0.25, 0.3) is 5.91 Å². The second kappa shape index (κ2) is 10.3. The Kier molecular flexibility index (Phi) is 7.23. The summed E-state index contributed by atoms with van der Waals surface area (Å²) < 4.78 is 13.3. The SMILES string of the molecule is CN(C)OCCOC1C(O)[C@@H](CO)O[C@H]1n1cnc2c(NC(=O)c3ccccc3)ncnc21. The summed E-state index contributed by atoms with van der Waals surface area (Å²) in [5.41, 5.74) is 1.20. The summed E-state index contributed by atoms with van der Waals surface area (Å²) in [6.45, 7) is 0.0822. The Morgan fingerprint density at radius 1 is 1.21 bits per heavy atom. The van der Waals surface area contributed by atoms with E-state index in [-0.39, 0.29) is 31.5 Å². The monoisotopic (exact) mass is 458 g/mol. The highest BCUT2D eigenvalue weighted by atomic mass is 16.7. The van der Waals surface area contributed by atoms with Crippen molar-refractivity contribution in [3.8, 4) is 0 Å². The summed E-state index contributed by atoms with van der Waals surface area (Å²) in [6.07, 6.45) is -0.753. The molecule has 0 bridgehead atoms. The number of amides is 1. The Labute approximate surface area is 189 Å². The summed E-state index contributed by atoms with van der Waals surface area (Å²) >= 11 is 0. The van der Waals surface area contributed by atoms with E-state index in [2.05, 4.69) is 20.3 Å². The fourth-order valence-electron chi connectivity index (χ4n) is 3.58. The molecule has 0 aliphatic carbocycles. The number of anilines is 1. The maximum absolute atomic E-state index is 12.6. The molecule has 1 saturated heterocycles. The number of rotatable bonds is 9. The van der Waals surface area contributed by atoms with Crippen LogP contribution < -0.4 is 5.32 Å². The van der Waals surface area contributed by atoms with Crippen LogP contribution in [0.15, 0.2) is 43.0 Å². The number of carbonyl (C=O) groups excluding carboxylic acids is 1. The van der Waals surface area contributed by atoms with Crippen LogP contribution in [0.25, 0.3) is 11.2 Å².